The number of carbonyl (C=O) groups is 4. The van der Waals surface area contributed by atoms with E-state index < -0.39 is 29.3 Å². The van der Waals surface area contributed by atoms with Crippen LogP contribution in [0.5, 0.6) is 0 Å². The Labute approximate surface area is 302 Å². The molecule has 3 rings (SSSR count). The number of nitrogens with one attached hydrogen (secondary N) is 1. The van der Waals surface area contributed by atoms with Crippen molar-refractivity contribution in [3.63, 3.8) is 0 Å². The lowest BCUT2D eigenvalue weighted by Gasteiger charge is -2.33. The number of hydrogen-bond acceptors (Lipinski definition) is 6. The van der Waals surface area contributed by atoms with Crippen molar-refractivity contribution in [2.75, 3.05) is 32.7 Å². The number of Topliss-reactive ketones (excluding diaryl/α,β-unsaturated/α-hetero) is 1. The minimum Gasteiger partial charge on any atom is -0.444 e. The summed E-state index contributed by atoms with van der Waals surface area (Å²) in [4.78, 5) is 55.5. The summed E-state index contributed by atoms with van der Waals surface area (Å²) in [7, 11) is 0. The Morgan fingerprint density at radius 2 is 1.57 bits per heavy atom. The Morgan fingerprint density at radius 3 is 2.16 bits per heavy atom. The Hall–Kier alpha value is -3.86. The van der Waals surface area contributed by atoms with Gasteiger partial charge in [-0.1, -0.05) is 13.8 Å². The van der Waals surface area contributed by atoms with E-state index >= 15 is 0 Å². The summed E-state index contributed by atoms with van der Waals surface area (Å²) in [5.41, 5.74) is 1.25. The van der Waals surface area contributed by atoms with Gasteiger partial charge in [-0.3, -0.25) is 14.4 Å². The average molecular weight is 714 g/mol. The predicted molar refractivity (Wildman–Crippen MR) is 194 cm³/mol. The molecule has 1 aliphatic rings. The first kappa shape index (κ1) is 41.6. The van der Waals surface area contributed by atoms with E-state index in [0.29, 0.717) is 61.6 Å². The van der Waals surface area contributed by atoms with E-state index in [1.54, 1.807) is 28.0 Å². The Bertz CT molecular complexity index is 1460. The minimum atomic E-state index is -1.06. The van der Waals surface area contributed by atoms with E-state index in [4.69, 9.17) is 4.74 Å². The second-order valence-corrected chi connectivity index (χ2v) is 14.9. The van der Waals surface area contributed by atoms with Crippen LogP contribution in [-0.4, -0.2) is 83.0 Å². The lowest BCUT2D eigenvalue weighted by Crippen LogP contribution is -2.41. The molecule has 282 valence electrons. The van der Waals surface area contributed by atoms with Gasteiger partial charge in [0.1, 0.15) is 17.2 Å². The molecule has 1 heterocycles. The van der Waals surface area contributed by atoms with Gasteiger partial charge in [0.15, 0.2) is 5.78 Å². The molecular formula is C40H57F2N3O6. The van der Waals surface area contributed by atoms with Crippen molar-refractivity contribution in [2.45, 2.75) is 111 Å². The van der Waals surface area contributed by atoms with Gasteiger partial charge in [-0.15, -0.1) is 0 Å². The number of benzene rings is 2. The van der Waals surface area contributed by atoms with Crippen molar-refractivity contribution < 1.29 is 37.8 Å². The number of piperidine rings is 1. The molecule has 0 aromatic heterocycles. The zero-order valence-electron chi connectivity index (χ0n) is 31.2. The zero-order valence-corrected chi connectivity index (χ0v) is 31.2. The van der Waals surface area contributed by atoms with Crippen LogP contribution in [-0.2, 0) is 16.0 Å². The van der Waals surface area contributed by atoms with Crippen molar-refractivity contribution in [3.8, 4) is 0 Å². The molecule has 1 aliphatic heterocycles. The van der Waals surface area contributed by atoms with E-state index in [2.05, 4.69) is 5.32 Å². The third-order valence-corrected chi connectivity index (χ3v) is 9.14. The molecule has 2 aromatic carbocycles. The van der Waals surface area contributed by atoms with E-state index in [1.807, 2.05) is 41.5 Å². The molecule has 2 atom stereocenters. The minimum absolute atomic E-state index is 0.0376. The van der Waals surface area contributed by atoms with E-state index in [-0.39, 0.29) is 49.5 Å². The van der Waals surface area contributed by atoms with Gasteiger partial charge in [0.2, 0.25) is 5.91 Å². The summed E-state index contributed by atoms with van der Waals surface area (Å²) in [6, 6.07) is 8.19. The first-order valence-corrected chi connectivity index (χ1v) is 18.4. The van der Waals surface area contributed by atoms with Crippen LogP contribution in [0.3, 0.4) is 0 Å². The van der Waals surface area contributed by atoms with Gasteiger partial charge in [-0.25, -0.2) is 13.6 Å². The number of carbonyl (C=O) groups excluding carboxylic acids is 4. The van der Waals surface area contributed by atoms with Crippen LogP contribution in [0.2, 0.25) is 0 Å². The molecule has 0 aliphatic carbocycles. The second kappa shape index (κ2) is 19.7. The fraction of sp³-hybridized carbons (Fsp3) is 0.600. The Morgan fingerprint density at radius 1 is 0.961 bits per heavy atom. The molecular weight excluding hydrogens is 656 g/mol. The SMILES string of the molecule is CCCN(CCC)C(=O)c1cc(C)cc(C(=O)C[C@@H](Cc2cc(F)cc(F)c2)[C@@H](O)CCNC(=O)CCC2CCN(C(=O)OC(C)(C)C)CC2)c1. The van der Waals surface area contributed by atoms with Gasteiger partial charge in [0, 0.05) is 62.8 Å². The molecule has 2 N–H and O–H groups in total. The highest BCUT2D eigenvalue weighted by Crippen LogP contribution is 2.25. The fourth-order valence-corrected chi connectivity index (χ4v) is 6.59. The van der Waals surface area contributed by atoms with Crippen molar-refractivity contribution in [3.05, 3.63) is 70.3 Å². The van der Waals surface area contributed by atoms with Crippen molar-refractivity contribution in [2.24, 2.45) is 11.8 Å². The number of amides is 3. The summed E-state index contributed by atoms with van der Waals surface area (Å²) in [5, 5.41) is 14.1. The van der Waals surface area contributed by atoms with Gasteiger partial charge < -0.3 is 25.0 Å². The lowest BCUT2D eigenvalue weighted by molar-refractivity contribution is -0.121. The molecule has 0 saturated carbocycles. The summed E-state index contributed by atoms with van der Waals surface area (Å²) in [6.07, 6.45) is 2.83. The number of ether oxygens (including phenoxy) is 1. The topological polar surface area (TPSA) is 116 Å². The molecule has 11 heteroatoms. The van der Waals surface area contributed by atoms with Crippen LogP contribution in [0.1, 0.15) is 118 Å². The van der Waals surface area contributed by atoms with Crippen molar-refractivity contribution in [1.82, 2.24) is 15.1 Å². The van der Waals surface area contributed by atoms with Gasteiger partial charge in [0.05, 0.1) is 6.10 Å². The van der Waals surface area contributed by atoms with Gasteiger partial charge in [-0.2, -0.15) is 0 Å². The van der Waals surface area contributed by atoms with Crippen LogP contribution in [0.4, 0.5) is 13.6 Å². The van der Waals surface area contributed by atoms with Gasteiger partial charge >= 0.3 is 6.09 Å². The molecule has 51 heavy (non-hydrogen) atoms. The first-order chi connectivity index (χ1) is 24.1. The average Bonchev–Trinajstić information content (AvgIpc) is 3.05. The maximum atomic E-state index is 14.1. The van der Waals surface area contributed by atoms with Crippen molar-refractivity contribution >= 4 is 23.7 Å². The van der Waals surface area contributed by atoms with Crippen LogP contribution >= 0.6 is 0 Å². The Balaban J connectivity index is 1.61. The highest BCUT2D eigenvalue weighted by Gasteiger charge is 2.28. The zero-order chi connectivity index (χ0) is 37.7. The molecule has 0 spiro atoms. The van der Waals surface area contributed by atoms with E-state index in [9.17, 15) is 33.1 Å². The van der Waals surface area contributed by atoms with Crippen LogP contribution in [0.15, 0.2) is 36.4 Å². The quantitative estimate of drug-likeness (QED) is 0.167. The number of ketones is 1. The maximum Gasteiger partial charge on any atom is 0.410 e. The molecule has 0 unspecified atom stereocenters. The predicted octanol–water partition coefficient (Wildman–Crippen LogP) is 7.26. The Kier molecular flexibility index (Phi) is 16.0. The highest BCUT2D eigenvalue weighted by molar-refractivity contribution is 6.01. The maximum absolute atomic E-state index is 14.1. The summed E-state index contributed by atoms with van der Waals surface area (Å²) in [5.74, 6) is -2.51. The summed E-state index contributed by atoms with van der Waals surface area (Å²) >= 11 is 0. The number of aliphatic hydroxyl groups excluding tert-OH is 1. The molecule has 2 aromatic rings. The molecule has 1 fully saturated rings. The number of aliphatic hydroxyl groups is 1. The fourth-order valence-electron chi connectivity index (χ4n) is 6.59. The van der Waals surface area contributed by atoms with Crippen LogP contribution in [0, 0.1) is 30.4 Å². The first-order valence-electron chi connectivity index (χ1n) is 18.4. The normalized spacial score (nSPS) is 14.9. The van der Waals surface area contributed by atoms with Gasteiger partial charge in [-0.05, 0) is 126 Å². The summed E-state index contributed by atoms with van der Waals surface area (Å²) in [6.45, 7) is 13.9. The monoisotopic (exact) mass is 713 g/mol. The summed E-state index contributed by atoms with van der Waals surface area (Å²) < 4.78 is 33.6. The molecule has 9 nitrogen and oxygen atoms in total. The number of rotatable bonds is 17. The third kappa shape index (κ3) is 14.0. The second-order valence-electron chi connectivity index (χ2n) is 14.9. The molecule has 1 saturated heterocycles. The molecule has 0 radical (unpaired) electrons. The number of hydrogen-bond donors (Lipinski definition) is 2. The van der Waals surface area contributed by atoms with Crippen LogP contribution in [0.25, 0.3) is 0 Å². The smallest absolute Gasteiger partial charge is 0.410 e. The van der Waals surface area contributed by atoms with Gasteiger partial charge in [0.25, 0.3) is 5.91 Å². The van der Waals surface area contributed by atoms with Crippen LogP contribution < -0.4 is 5.32 Å². The van der Waals surface area contributed by atoms with E-state index in [1.165, 1.54) is 12.1 Å². The molecule has 3 amide bonds. The standard InChI is InChI=1S/C40H57F2N3O6/c1-7-15-44(16-8-2)38(49)32-20-27(3)19-30(24-32)36(47)25-31(21-29-22-33(41)26-34(42)23-29)35(46)11-14-43-37(48)10-9-28-12-17-45(18-13-28)39(50)51-40(4,5)6/h19-20,22-24,26,28,31,35,46H,7-18,21,25H2,1-6H3,(H,43,48)/t31-,35+/m1/s1. The van der Waals surface area contributed by atoms with E-state index in [0.717, 1.165) is 37.3 Å². The number of likely N-dealkylation sites (tertiary alicyclic amines) is 1. The number of nitrogens with zero attached hydrogens (tertiary/aromatic N) is 2. The third-order valence-electron chi connectivity index (χ3n) is 9.14. The highest BCUT2D eigenvalue weighted by atomic mass is 19.1. The van der Waals surface area contributed by atoms with Crippen molar-refractivity contribution in [1.29, 1.82) is 0 Å². The largest absolute Gasteiger partial charge is 0.444 e. The number of halogens is 2. The molecule has 0 bridgehead atoms. The number of aryl methyl sites for hydroxylation is 1. The lowest BCUT2D eigenvalue weighted by atomic mass is 9.86.